The van der Waals surface area contributed by atoms with E-state index in [1.165, 1.54) is 6.07 Å². The van der Waals surface area contributed by atoms with Crippen molar-refractivity contribution in [3.63, 3.8) is 0 Å². The van der Waals surface area contributed by atoms with Crippen molar-refractivity contribution in [1.29, 1.82) is 0 Å². The van der Waals surface area contributed by atoms with Crippen molar-refractivity contribution >= 4 is 26.5 Å². The number of aromatic nitrogens is 2. The molecule has 2 N–H and O–H groups in total. The molecule has 4 aromatic rings. The number of unbranched alkanes of at least 4 members (excludes halogenated alkanes) is 1. The molecule has 0 amide bonds. The van der Waals surface area contributed by atoms with Crippen LogP contribution in [0.25, 0.3) is 21.9 Å². The zero-order valence-corrected chi connectivity index (χ0v) is 19.0. The maximum atomic E-state index is 14.6. The highest BCUT2D eigenvalue weighted by Gasteiger charge is 2.12. The fourth-order valence-corrected chi connectivity index (χ4v) is 4.95. The molecular weight excluding hydrogens is 441 g/mol. The lowest BCUT2D eigenvalue weighted by molar-refractivity contribution is 0.598. The van der Waals surface area contributed by atoms with Crippen LogP contribution in [-0.2, 0) is 16.4 Å². The van der Waals surface area contributed by atoms with E-state index < -0.39 is 10.0 Å². The van der Waals surface area contributed by atoms with Gasteiger partial charge in [-0.3, -0.25) is 9.52 Å². The number of anilines is 1. The van der Waals surface area contributed by atoms with Crippen molar-refractivity contribution in [2.45, 2.75) is 26.2 Å². The fourth-order valence-electron chi connectivity index (χ4n) is 3.69. The van der Waals surface area contributed by atoms with E-state index in [4.69, 9.17) is 0 Å². The number of rotatable bonds is 8. The quantitative estimate of drug-likeness (QED) is 0.389. The van der Waals surface area contributed by atoms with Crippen LogP contribution < -0.4 is 10.3 Å². The standard InChI is InChI=1S/C25H24FN3O3S/c1-2-3-14-33(31,32)29-19-11-9-18(10-12-19)22-15-17(8-13-23(22)26)16-24-20-6-4-5-7-21(20)25(30)28-27-24/h4-13,15,29H,2-3,14,16H2,1H3,(H,28,30). The highest BCUT2D eigenvalue weighted by Crippen LogP contribution is 2.27. The fraction of sp³-hybridized carbons (Fsp3) is 0.200. The van der Waals surface area contributed by atoms with Gasteiger partial charge in [-0.05, 0) is 47.9 Å². The Bertz CT molecular complexity index is 1450. The largest absolute Gasteiger partial charge is 0.284 e. The summed E-state index contributed by atoms with van der Waals surface area (Å²) in [5.41, 5.74) is 2.75. The molecule has 6 nitrogen and oxygen atoms in total. The van der Waals surface area contributed by atoms with Gasteiger partial charge in [-0.25, -0.2) is 17.9 Å². The zero-order valence-electron chi connectivity index (χ0n) is 18.1. The van der Waals surface area contributed by atoms with Crippen LogP contribution in [0.15, 0.2) is 71.5 Å². The number of sulfonamides is 1. The van der Waals surface area contributed by atoms with Crippen LogP contribution in [0.1, 0.15) is 31.0 Å². The summed E-state index contributed by atoms with van der Waals surface area (Å²) in [6, 6.07) is 18.7. The van der Waals surface area contributed by atoms with Crippen LogP contribution in [-0.4, -0.2) is 24.4 Å². The van der Waals surface area contributed by atoms with E-state index in [1.54, 1.807) is 48.5 Å². The monoisotopic (exact) mass is 465 g/mol. The first-order chi connectivity index (χ1) is 15.9. The van der Waals surface area contributed by atoms with Crippen LogP contribution in [0, 0.1) is 5.82 Å². The average Bonchev–Trinajstić information content (AvgIpc) is 2.81. The predicted molar refractivity (Wildman–Crippen MR) is 129 cm³/mol. The van der Waals surface area contributed by atoms with Gasteiger partial charge in [0.15, 0.2) is 0 Å². The van der Waals surface area contributed by atoms with Crippen LogP contribution >= 0.6 is 0 Å². The number of aromatic amines is 1. The molecule has 0 unspecified atom stereocenters. The Balaban J connectivity index is 1.60. The molecule has 3 aromatic carbocycles. The Morgan fingerprint density at radius 1 is 1.00 bits per heavy atom. The number of halogens is 1. The molecular formula is C25H24FN3O3S. The molecule has 0 atom stereocenters. The molecule has 8 heteroatoms. The molecule has 0 saturated carbocycles. The molecule has 0 aliphatic rings. The number of fused-ring (bicyclic) bond motifs is 1. The highest BCUT2D eigenvalue weighted by molar-refractivity contribution is 7.92. The molecule has 33 heavy (non-hydrogen) atoms. The molecule has 4 rings (SSSR count). The molecule has 170 valence electrons. The van der Waals surface area contributed by atoms with Crippen LogP contribution in [0.5, 0.6) is 0 Å². The third-order valence-electron chi connectivity index (χ3n) is 5.41. The van der Waals surface area contributed by atoms with Crippen LogP contribution in [0.3, 0.4) is 0 Å². The summed E-state index contributed by atoms with van der Waals surface area (Å²) >= 11 is 0. The molecule has 0 saturated heterocycles. The number of benzene rings is 3. The molecule has 0 aliphatic carbocycles. The molecule has 0 aliphatic heterocycles. The van der Waals surface area contributed by atoms with Gasteiger partial charge in [-0.2, -0.15) is 5.10 Å². The first kappa shape index (κ1) is 22.7. The normalized spacial score (nSPS) is 11.6. The second-order valence-electron chi connectivity index (χ2n) is 7.89. The minimum atomic E-state index is -3.40. The van der Waals surface area contributed by atoms with Crippen molar-refractivity contribution in [2.24, 2.45) is 0 Å². The van der Waals surface area contributed by atoms with Crippen molar-refractivity contribution in [3.8, 4) is 11.1 Å². The Hall–Kier alpha value is -3.52. The number of nitrogens with zero attached hydrogens (tertiary/aromatic N) is 1. The molecule has 1 heterocycles. The summed E-state index contributed by atoms with van der Waals surface area (Å²) in [6.07, 6.45) is 1.80. The van der Waals surface area contributed by atoms with E-state index in [-0.39, 0.29) is 17.1 Å². The van der Waals surface area contributed by atoms with Crippen molar-refractivity contribution in [2.75, 3.05) is 10.5 Å². The van der Waals surface area contributed by atoms with Crippen molar-refractivity contribution in [3.05, 3.63) is 94.2 Å². The van der Waals surface area contributed by atoms with Gasteiger partial charge in [0.25, 0.3) is 5.56 Å². The van der Waals surface area contributed by atoms with Crippen molar-refractivity contribution < 1.29 is 12.8 Å². The van der Waals surface area contributed by atoms with Crippen LogP contribution in [0.4, 0.5) is 10.1 Å². The van der Waals surface area contributed by atoms with Crippen molar-refractivity contribution in [1.82, 2.24) is 10.2 Å². The van der Waals surface area contributed by atoms with Gasteiger partial charge >= 0.3 is 0 Å². The topological polar surface area (TPSA) is 91.9 Å². The lowest BCUT2D eigenvalue weighted by Crippen LogP contribution is -2.16. The van der Waals surface area contributed by atoms with E-state index >= 15 is 0 Å². The smallest absolute Gasteiger partial charge is 0.272 e. The van der Waals surface area contributed by atoms with E-state index in [2.05, 4.69) is 14.9 Å². The Morgan fingerprint density at radius 3 is 2.45 bits per heavy atom. The first-order valence-corrected chi connectivity index (χ1v) is 12.4. The number of H-pyrrole nitrogens is 1. The maximum Gasteiger partial charge on any atom is 0.272 e. The molecule has 0 spiro atoms. The first-order valence-electron chi connectivity index (χ1n) is 10.7. The Labute approximate surface area is 191 Å². The third kappa shape index (κ3) is 5.28. The summed E-state index contributed by atoms with van der Waals surface area (Å²) in [5, 5.41) is 8.03. The van der Waals surface area contributed by atoms with Gasteiger partial charge in [-0.1, -0.05) is 49.7 Å². The lowest BCUT2D eigenvalue weighted by Gasteiger charge is -2.11. The predicted octanol–water partition coefficient (Wildman–Crippen LogP) is 4.86. The average molecular weight is 466 g/mol. The van der Waals surface area contributed by atoms with Gasteiger partial charge in [0.1, 0.15) is 5.82 Å². The number of nitrogens with one attached hydrogen (secondary N) is 2. The van der Waals surface area contributed by atoms with E-state index in [0.29, 0.717) is 40.7 Å². The highest BCUT2D eigenvalue weighted by atomic mass is 32.2. The number of hydrogen-bond acceptors (Lipinski definition) is 4. The minimum absolute atomic E-state index is 0.0649. The van der Waals surface area contributed by atoms with Crippen LogP contribution in [0.2, 0.25) is 0 Å². The lowest BCUT2D eigenvalue weighted by atomic mass is 9.99. The van der Waals surface area contributed by atoms with Gasteiger partial charge < -0.3 is 0 Å². The molecule has 1 aromatic heterocycles. The van der Waals surface area contributed by atoms with Gasteiger partial charge in [0.2, 0.25) is 10.0 Å². The second kappa shape index (κ2) is 9.54. The summed E-state index contributed by atoms with van der Waals surface area (Å²) < 4.78 is 41.4. The molecule has 0 bridgehead atoms. The second-order valence-corrected chi connectivity index (χ2v) is 9.73. The SMILES string of the molecule is CCCCS(=O)(=O)Nc1ccc(-c2cc(Cc3n[nH]c(=O)c4ccccc34)ccc2F)cc1. The zero-order chi connectivity index (χ0) is 23.4. The molecule has 0 fully saturated rings. The summed E-state index contributed by atoms with van der Waals surface area (Å²) in [5.74, 6) is -0.315. The molecule has 0 radical (unpaired) electrons. The summed E-state index contributed by atoms with van der Waals surface area (Å²) in [4.78, 5) is 12.0. The Kier molecular flexibility index (Phi) is 6.55. The Morgan fingerprint density at radius 2 is 1.73 bits per heavy atom. The summed E-state index contributed by atoms with van der Waals surface area (Å²) in [7, 11) is -3.40. The summed E-state index contributed by atoms with van der Waals surface area (Å²) in [6.45, 7) is 1.93. The van der Waals surface area contributed by atoms with E-state index in [1.807, 2.05) is 19.1 Å². The van der Waals surface area contributed by atoms with Gasteiger partial charge in [0, 0.05) is 23.1 Å². The van der Waals surface area contributed by atoms with Gasteiger partial charge in [0.05, 0.1) is 16.8 Å². The number of hydrogen-bond donors (Lipinski definition) is 2. The van der Waals surface area contributed by atoms with Gasteiger partial charge in [-0.15, -0.1) is 0 Å². The van der Waals surface area contributed by atoms with E-state index in [9.17, 15) is 17.6 Å². The maximum absolute atomic E-state index is 14.6. The third-order valence-corrected chi connectivity index (χ3v) is 6.79. The van der Waals surface area contributed by atoms with E-state index in [0.717, 1.165) is 17.4 Å². The minimum Gasteiger partial charge on any atom is -0.284 e.